The van der Waals surface area contributed by atoms with Crippen molar-refractivity contribution in [2.24, 2.45) is 0 Å². The number of benzene rings is 1. The lowest BCUT2D eigenvalue weighted by molar-refractivity contribution is 0.102. The minimum atomic E-state index is -0.393. The van der Waals surface area contributed by atoms with E-state index in [2.05, 4.69) is 15.6 Å². The summed E-state index contributed by atoms with van der Waals surface area (Å²) in [5.41, 5.74) is 1.54. The zero-order valence-electron chi connectivity index (χ0n) is 10.5. The van der Waals surface area contributed by atoms with E-state index in [4.69, 9.17) is 0 Å². The van der Waals surface area contributed by atoms with Crippen LogP contribution in [0.3, 0.4) is 0 Å². The molecule has 0 radical (unpaired) electrons. The third kappa shape index (κ3) is 3.28. The van der Waals surface area contributed by atoms with Crippen molar-refractivity contribution in [2.45, 2.75) is 6.92 Å². The Morgan fingerprint density at radius 3 is 2.95 bits per heavy atom. The molecule has 2 rings (SSSR count). The highest BCUT2D eigenvalue weighted by Gasteiger charge is 2.11. The predicted octanol–water partition coefficient (Wildman–Crippen LogP) is 2.90. The van der Waals surface area contributed by atoms with Crippen molar-refractivity contribution < 1.29 is 9.18 Å². The third-order valence-electron chi connectivity index (χ3n) is 2.52. The molecule has 4 nitrogen and oxygen atoms in total. The first-order valence-corrected chi connectivity index (χ1v) is 5.95. The van der Waals surface area contributed by atoms with E-state index in [1.54, 1.807) is 24.4 Å². The number of aromatic nitrogens is 1. The van der Waals surface area contributed by atoms with Gasteiger partial charge in [0.05, 0.1) is 11.3 Å². The molecule has 0 saturated heterocycles. The van der Waals surface area contributed by atoms with Crippen LogP contribution in [0.4, 0.5) is 15.8 Å². The van der Waals surface area contributed by atoms with Gasteiger partial charge in [0, 0.05) is 24.6 Å². The van der Waals surface area contributed by atoms with E-state index in [0.29, 0.717) is 23.5 Å². The Labute approximate surface area is 110 Å². The van der Waals surface area contributed by atoms with Crippen LogP contribution in [0.25, 0.3) is 0 Å². The van der Waals surface area contributed by atoms with Crippen LogP contribution in [0.2, 0.25) is 0 Å². The molecule has 0 unspecified atom stereocenters. The van der Waals surface area contributed by atoms with Crippen molar-refractivity contribution in [2.75, 3.05) is 17.2 Å². The number of nitrogens with zero attached hydrogens (tertiary/aromatic N) is 1. The van der Waals surface area contributed by atoms with E-state index < -0.39 is 5.82 Å². The lowest BCUT2D eigenvalue weighted by Crippen LogP contribution is -2.15. The van der Waals surface area contributed by atoms with Crippen molar-refractivity contribution in [3.8, 4) is 0 Å². The maximum Gasteiger partial charge on any atom is 0.259 e. The summed E-state index contributed by atoms with van der Waals surface area (Å²) in [6.45, 7) is 2.64. The fraction of sp³-hybridized carbons (Fsp3) is 0.143. The zero-order chi connectivity index (χ0) is 13.7. The first kappa shape index (κ1) is 13.0. The lowest BCUT2D eigenvalue weighted by Gasteiger charge is -2.10. The molecule has 19 heavy (non-hydrogen) atoms. The van der Waals surface area contributed by atoms with Crippen LogP contribution < -0.4 is 10.6 Å². The molecule has 1 amide bonds. The normalized spacial score (nSPS) is 10.0. The van der Waals surface area contributed by atoms with Gasteiger partial charge in [0.1, 0.15) is 5.82 Å². The lowest BCUT2D eigenvalue weighted by atomic mass is 10.2. The summed E-state index contributed by atoms with van der Waals surface area (Å²) in [5.74, 6) is -0.717. The number of anilines is 2. The van der Waals surface area contributed by atoms with Gasteiger partial charge in [0.15, 0.2) is 0 Å². The SMILES string of the molecule is CCNc1ccncc1C(=O)Nc1cccc(F)c1. The highest BCUT2D eigenvalue weighted by atomic mass is 19.1. The highest BCUT2D eigenvalue weighted by molar-refractivity contribution is 6.07. The van der Waals surface area contributed by atoms with E-state index in [0.717, 1.165) is 0 Å². The van der Waals surface area contributed by atoms with Gasteiger partial charge in [0.2, 0.25) is 0 Å². The summed E-state index contributed by atoms with van der Waals surface area (Å²) < 4.78 is 13.0. The Morgan fingerprint density at radius 2 is 2.21 bits per heavy atom. The molecule has 0 aliphatic rings. The molecule has 1 heterocycles. The van der Waals surface area contributed by atoms with E-state index in [9.17, 15) is 9.18 Å². The number of pyridine rings is 1. The summed E-state index contributed by atoms with van der Waals surface area (Å²) in [6, 6.07) is 7.48. The van der Waals surface area contributed by atoms with Crippen LogP contribution in [0.5, 0.6) is 0 Å². The molecule has 2 aromatic rings. The molecule has 0 spiro atoms. The molecule has 98 valence electrons. The van der Waals surface area contributed by atoms with E-state index >= 15 is 0 Å². The van der Waals surface area contributed by atoms with Crippen molar-refractivity contribution in [1.29, 1.82) is 0 Å². The second-order valence-electron chi connectivity index (χ2n) is 3.92. The molecule has 2 N–H and O–H groups in total. The molecule has 0 bridgehead atoms. The van der Waals surface area contributed by atoms with Crippen LogP contribution in [0.1, 0.15) is 17.3 Å². The standard InChI is InChI=1S/C14H14FN3O/c1-2-17-13-6-7-16-9-12(13)14(19)18-11-5-3-4-10(15)8-11/h3-9H,2H2,1H3,(H,16,17)(H,18,19). The number of hydrogen-bond acceptors (Lipinski definition) is 3. The number of amides is 1. The second-order valence-corrected chi connectivity index (χ2v) is 3.92. The molecule has 5 heteroatoms. The molecule has 1 aromatic carbocycles. The molecule has 0 atom stereocenters. The molecular weight excluding hydrogens is 245 g/mol. The van der Waals surface area contributed by atoms with Gasteiger partial charge in [-0.3, -0.25) is 9.78 Å². The van der Waals surface area contributed by atoms with E-state index in [-0.39, 0.29) is 5.91 Å². The van der Waals surface area contributed by atoms with Gasteiger partial charge in [-0.15, -0.1) is 0 Å². The second kappa shape index (κ2) is 5.95. The Kier molecular flexibility index (Phi) is 4.07. The van der Waals surface area contributed by atoms with Crippen LogP contribution in [-0.4, -0.2) is 17.4 Å². The van der Waals surface area contributed by atoms with E-state index in [1.165, 1.54) is 18.3 Å². The van der Waals surface area contributed by atoms with Crippen LogP contribution in [-0.2, 0) is 0 Å². The Balaban J connectivity index is 2.20. The predicted molar refractivity (Wildman–Crippen MR) is 72.8 cm³/mol. The first-order chi connectivity index (χ1) is 9.20. The number of carbonyl (C=O) groups is 1. The molecule has 0 fully saturated rings. The zero-order valence-corrected chi connectivity index (χ0v) is 10.5. The summed E-state index contributed by atoms with van der Waals surface area (Å²) in [6.07, 6.45) is 3.09. The van der Waals surface area contributed by atoms with Gasteiger partial charge >= 0.3 is 0 Å². The largest absolute Gasteiger partial charge is 0.385 e. The van der Waals surface area contributed by atoms with Crippen molar-refractivity contribution in [3.05, 3.63) is 54.1 Å². The van der Waals surface area contributed by atoms with Gasteiger partial charge in [-0.05, 0) is 31.2 Å². The average Bonchev–Trinajstić information content (AvgIpc) is 2.39. The molecule has 0 saturated carbocycles. The fourth-order valence-electron chi connectivity index (χ4n) is 1.68. The topological polar surface area (TPSA) is 54.0 Å². The average molecular weight is 259 g/mol. The first-order valence-electron chi connectivity index (χ1n) is 5.95. The van der Waals surface area contributed by atoms with Gasteiger partial charge < -0.3 is 10.6 Å². The smallest absolute Gasteiger partial charge is 0.259 e. The summed E-state index contributed by atoms with van der Waals surface area (Å²) in [5, 5.41) is 5.72. The number of nitrogens with one attached hydrogen (secondary N) is 2. The Bertz CT molecular complexity index is 586. The monoisotopic (exact) mass is 259 g/mol. The van der Waals surface area contributed by atoms with Gasteiger partial charge in [-0.25, -0.2) is 4.39 Å². The van der Waals surface area contributed by atoms with Crippen molar-refractivity contribution >= 4 is 17.3 Å². The molecular formula is C14H14FN3O. The fourth-order valence-corrected chi connectivity index (χ4v) is 1.68. The van der Waals surface area contributed by atoms with Crippen LogP contribution >= 0.6 is 0 Å². The minimum absolute atomic E-state index is 0.324. The number of halogens is 1. The third-order valence-corrected chi connectivity index (χ3v) is 2.52. The number of hydrogen-bond donors (Lipinski definition) is 2. The Hall–Kier alpha value is -2.43. The minimum Gasteiger partial charge on any atom is -0.385 e. The summed E-state index contributed by atoms with van der Waals surface area (Å²) in [4.78, 5) is 16.0. The highest BCUT2D eigenvalue weighted by Crippen LogP contribution is 2.16. The van der Waals surface area contributed by atoms with Crippen LogP contribution in [0, 0.1) is 5.82 Å². The maximum atomic E-state index is 13.0. The maximum absolute atomic E-state index is 13.0. The van der Waals surface area contributed by atoms with Gasteiger partial charge in [-0.2, -0.15) is 0 Å². The van der Waals surface area contributed by atoms with Crippen LogP contribution in [0.15, 0.2) is 42.7 Å². The van der Waals surface area contributed by atoms with E-state index in [1.807, 2.05) is 6.92 Å². The molecule has 1 aromatic heterocycles. The number of rotatable bonds is 4. The quantitative estimate of drug-likeness (QED) is 0.887. The van der Waals surface area contributed by atoms with Crippen molar-refractivity contribution in [1.82, 2.24) is 4.98 Å². The molecule has 0 aliphatic heterocycles. The van der Waals surface area contributed by atoms with Crippen molar-refractivity contribution in [3.63, 3.8) is 0 Å². The Morgan fingerprint density at radius 1 is 1.37 bits per heavy atom. The summed E-state index contributed by atoms with van der Waals surface area (Å²) >= 11 is 0. The summed E-state index contributed by atoms with van der Waals surface area (Å²) in [7, 11) is 0. The van der Waals surface area contributed by atoms with Gasteiger partial charge in [0.25, 0.3) is 5.91 Å². The number of carbonyl (C=O) groups excluding carboxylic acids is 1. The van der Waals surface area contributed by atoms with Gasteiger partial charge in [-0.1, -0.05) is 6.07 Å². The molecule has 0 aliphatic carbocycles.